The summed E-state index contributed by atoms with van der Waals surface area (Å²) in [5, 5.41) is 0. The molecule has 0 radical (unpaired) electrons. The molecular formula is C20H28N2O3. The van der Waals surface area contributed by atoms with E-state index >= 15 is 0 Å². The van der Waals surface area contributed by atoms with Crippen LogP contribution in [0.25, 0.3) is 0 Å². The van der Waals surface area contributed by atoms with Crippen LogP contribution < -0.4 is 4.74 Å². The van der Waals surface area contributed by atoms with Gasteiger partial charge in [0.05, 0.1) is 6.61 Å². The molecule has 0 atom stereocenters. The third-order valence-electron chi connectivity index (χ3n) is 5.12. The van der Waals surface area contributed by atoms with Gasteiger partial charge >= 0.3 is 0 Å². The molecule has 0 spiro atoms. The third-order valence-corrected chi connectivity index (χ3v) is 5.12. The molecule has 1 aliphatic carbocycles. The molecule has 3 rings (SSSR count). The molecule has 5 heteroatoms. The van der Waals surface area contributed by atoms with Gasteiger partial charge in [-0.2, -0.15) is 0 Å². The summed E-state index contributed by atoms with van der Waals surface area (Å²) in [6.07, 6.45) is 5.05. The quantitative estimate of drug-likeness (QED) is 0.825. The van der Waals surface area contributed by atoms with Gasteiger partial charge in [0.1, 0.15) is 5.75 Å². The van der Waals surface area contributed by atoms with Crippen molar-refractivity contribution in [2.24, 2.45) is 5.92 Å². The highest BCUT2D eigenvalue weighted by Crippen LogP contribution is 2.28. The first kappa shape index (κ1) is 17.8. The first-order chi connectivity index (χ1) is 12.2. The largest absolute Gasteiger partial charge is 0.494 e. The number of nitrogens with zero attached hydrogens (tertiary/aromatic N) is 2. The molecule has 0 N–H and O–H groups in total. The summed E-state index contributed by atoms with van der Waals surface area (Å²) in [6, 6.07) is 7.37. The highest BCUT2D eigenvalue weighted by molar-refractivity contribution is 5.94. The van der Waals surface area contributed by atoms with Gasteiger partial charge in [0.25, 0.3) is 5.91 Å². The van der Waals surface area contributed by atoms with Gasteiger partial charge in [-0.25, -0.2) is 0 Å². The van der Waals surface area contributed by atoms with Crippen LogP contribution in [0.1, 0.15) is 49.4 Å². The predicted molar refractivity (Wildman–Crippen MR) is 96.7 cm³/mol. The second kappa shape index (κ2) is 8.37. The van der Waals surface area contributed by atoms with E-state index in [1.165, 1.54) is 6.42 Å². The van der Waals surface area contributed by atoms with Crippen LogP contribution in [0.3, 0.4) is 0 Å². The second-order valence-corrected chi connectivity index (χ2v) is 6.97. The smallest absolute Gasteiger partial charge is 0.253 e. The minimum absolute atomic E-state index is 0.0417. The maximum atomic E-state index is 12.7. The molecule has 1 heterocycles. The van der Waals surface area contributed by atoms with Crippen molar-refractivity contribution in [1.82, 2.24) is 9.80 Å². The molecule has 2 amide bonds. The Kier molecular flexibility index (Phi) is 5.95. The van der Waals surface area contributed by atoms with E-state index < -0.39 is 0 Å². The van der Waals surface area contributed by atoms with Crippen molar-refractivity contribution in [3.63, 3.8) is 0 Å². The van der Waals surface area contributed by atoms with E-state index in [0.29, 0.717) is 31.8 Å². The monoisotopic (exact) mass is 344 g/mol. The van der Waals surface area contributed by atoms with Crippen LogP contribution in [0, 0.1) is 5.92 Å². The molecule has 136 valence electrons. The Balaban J connectivity index is 1.56. The number of hydrogen-bond donors (Lipinski definition) is 0. The minimum Gasteiger partial charge on any atom is -0.494 e. The van der Waals surface area contributed by atoms with Crippen molar-refractivity contribution in [1.29, 1.82) is 0 Å². The second-order valence-electron chi connectivity index (χ2n) is 6.97. The van der Waals surface area contributed by atoms with Crippen molar-refractivity contribution >= 4 is 11.8 Å². The molecule has 0 bridgehead atoms. The fourth-order valence-corrected chi connectivity index (χ4v) is 3.35. The summed E-state index contributed by atoms with van der Waals surface area (Å²) >= 11 is 0. The number of carbonyl (C=O) groups excluding carboxylic acids is 2. The lowest BCUT2D eigenvalue weighted by atomic mass is 9.84. The summed E-state index contributed by atoms with van der Waals surface area (Å²) < 4.78 is 5.57. The van der Waals surface area contributed by atoms with Gasteiger partial charge in [-0.05, 0) is 49.9 Å². The summed E-state index contributed by atoms with van der Waals surface area (Å²) in [6.45, 7) is 5.49. The summed E-state index contributed by atoms with van der Waals surface area (Å²) in [5.41, 5.74) is 0.683. The molecule has 25 heavy (non-hydrogen) atoms. The molecule has 1 aromatic carbocycles. The Hall–Kier alpha value is -2.04. The van der Waals surface area contributed by atoms with Crippen LogP contribution in [0.2, 0.25) is 0 Å². The maximum absolute atomic E-state index is 12.7. The van der Waals surface area contributed by atoms with E-state index in [-0.39, 0.29) is 17.7 Å². The van der Waals surface area contributed by atoms with E-state index in [9.17, 15) is 9.59 Å². The van der Waals surface area contributed by atoms with Gasteiger partial charge in [-0.1, -0.05) is 13.3 Å². The van der Waals surface area contributed by atoms with E-state index in [1.54, 1.807) is 0 Å². The van der Waals surface area contributed by atoms with Crippen molar-refractivity contribution < 1.29 is 14.3 Å². The van der Waals surface area contributed by atoms with Gasteiger partial charge < -0.3 is 14.5 Å². The molecule has 0 aromatic heterocycles. The number of rotatable bonds is 5. The molecule has 0 unspecified atom stereocenters. The number of benzene rings is 1. The minimum atomic E-state index is 0.0417. The highest BCUT2D eigenvalue weighted by atomic mass is 16.5. The Morgan fingerprint density at radius 3 is 2.32 bits per heavy atom. The zero-order valence-corrected chi connectivity index (χ0v) is 15.1. The fourth-order valence-electron chi connectivity index (χ4n) is 3.35. The van der Waals surface area contributed by atoms with E-state index in [2.05, 4.69) is 6.92 Å². The van der Waals surface area contributed by atoms with Crippen molar-refractivity contribution in [3.8, 4) is 5.75 Å². The van der Waals surface area contributed by atoms with E-state index in [4.69, 9.17) is 4.74 Å². The summed E-state index contributed by atoms with van der Waals surface area (Å²) in [4.78, 5) is 29.0. The molecular weight excluding hydrogens is 316 g/mol. The normalized spacial score (nSPS) is 18.4. The Bertz CT molecular complexity index is 595. The number of ether oxygens (including phenoxy) is 1. The lowest BCUT2D eigenvalue weighted by Crippen LogP contribution is -2.41. The van der Waals surface area contributed by atoms with Crippen LogP contribution >= 0.6 is 0 Å². The SMILES string of the molecule is CCCOc1ccc(C(=O)N2CCCN(C(=O)C3CCC3)CC2)cc1. The van der Waals surface area contributed by atoms with Crippen molar-refractivity contribution in [3.05, 3.63) is 29.8 Å². The van der Waals surface area contributed by atoms with E-state index in [1.807, 2.05) is 34.1 Å². The maximum Gasteiger partial charge on any atom is 0.253 e. The van der Waals surface area contributed by atoms with Gasteiger partial charge in [-0.3, -0.25) is 9.59 Å². The average molecular weight is 344 g/mol. The Morgan fingerprint density at radius 1 is 1.00 bits per heavy atom. The molecule has 1 saturated carbocycles. The third kappa shape index (κ3) is 4.33. The first-order valence-electron chi connectivity index (χ1n) is 9.50. The van der Waals surface area contributed by atoms with Gasteiger partial charge in [0.15, 0.2) is 0 Å². The predicted octanol–water partition coefficient (Wildman–Crippen LogP) is 2.95. The topological polar surface area (TPSA) is 49.9 Å². The number of amides is 2. The van der Waals surface area contributed by atoms with Gasteiger partial charge in [0.2, 0.25) is 5.91 Å². The zero-order chi connectivity index (χ0) is 17.6. The average Bonchev–Trinajstić information content (AvgIpc) is 2.84. The van der Waals surface area contributed by atoms with Gasteiger partial charge in [0, 0.05) is 37.7 Å². The Labute approximate surface area is 149 Å². The Morgan fingerprint density at radius 2 is 1.68 bits per heavy atom. The summed E-state index contributed by atoms with van der Waals surface area (Å²) in [7, 11) is 0. The van der Waals surface area contributed by atoms with Crippen LogP contribution in [-0.2, 0) is 4.79 Å². The number of carbonyl (C=O) groups is 2. The van der Waals surface area contributed by atoms with Crippen LogP contribution in [0.5, 0.6) is 5.75 Å². The fraction of sp³-hybridized carbons (Fsp3) is 0.600. The van der Waals surface area contributed by atoms with Gasteiger partial charge in [-0.15, -0.1) is 0 Å². The van der Waals surface area contributed by atoms with Crippen LogP contribution in [0.15, 0.2) is 24.3 Å². The molecule has 1 aliphatic heterocycles. The first-order valence-corrected chi connectivity index (χ1v) is 9.50. The van der Waals surface area contributed by atoms with Crippen LogP contribution in [0.4, 0.5) is 0 Å². The zero-order valence-electron chi connectivity index (χ0n) is 15.1. The number of hydrogen-bond acceptors (Lipinski definition) is 3. The lowest BCUT2D eigenvalue weighted by molar-refractivity contribution is -0.138. The van der Waals surface area contributed by atoms with Crippen molar-refractivity contribution in [2.75, 3.05) is 32.8 Å². The van der Waals surface area contributed by atoms with E-state index in [0.717, 1.165) is 38.0 Å². The standard InChI is InChI=1S/C20H28N2O3/c1-2-15-25-18-9-7-17(8-10-18)20(24)22-12-4-11-21(13-14-22)19(23)16-5-3-6-16/h7-10,16H,2-6,11-15H2,1H3. The van der Waals surface area contributed by atoms with Crippen LogP contribution in [-0.4, -0.2) is 54.4 Å². The highest BCUT2D eigenvalue weighted by Gasteiger charge is 2.31. The molecule has 2 aliphatic rings. The van der Waals surface area contributed by atoms with Crippen molar-refractivity contribution in [2.45, 2.75) is 39.0 Å². The lowest BCUT2D eigenvalue weighted by Gasteiger charge is -2.31. The molecule has 5 nitrogen and oxygen atoms in total. The summed E-state index contributed by atoms with van der Waals surface area (Å²) in [5.74, 6) is 1.36. The molecule has 2 fully saturated rings. The molecule has 1 aromatic rings. The molecule has 1 saturated heterocycles.